The maximum absolute atomic E-state index is 11.9. The molecule has 0 aliphatic rings. The number of amides is 1. The van der Waals surface area contributed by atoms with Crippen molar-refractivity contribution < 1.29 is 15.0 Å². The molecule has 1 aromatic rings. The number of carbonyl (C=O) groups is 1. The maximum Gasteiger partial charge on any atom is 0.251 e. The lowest BCUT2D eigenvalue weighted by Crippen LogP contribution is -2.29. The highest BCUT2D eigenvalue weighted by Crippen LogP contribution is 2.15. The van der Waals surface area contributed by atoms with Gasteiger partial charge < -0.3 is 15.5 Å². The summed E-state index contributed by atoms with van der Waals surface area (Å²) in [6, 6.07) is 4.80. The molecule has 3 N–H and O–H groups in total. The molecule has 1 rings (SSSR count). The first-order valence-corrected chi connectivity index (χ1v) is 6.26. The van der Waals surface area contributed by atoms with Gasteiger partial charge in [-0.15, -0.1) is 0 Å². The number of carbonyl (C=O) groups excluding carboxylic acids is 1. The summed E-state index contributed by atoms with van der Waals surface area (Å²) < 4.78 is 0. The Morgan fingerprint density at radius 2 is 2.11 bits per heavy atom. The van der Waals surface area contributed by atoms with Crippen molar-refractivity contribution in [3.05, 3.63) is 29.3 Å². The fraction of sp³-hybridized carbons (Fsp3) is 0.500. The van der Waals surface area contributed by atoms with Crippen LogP contribution in [0.4, 0.5) is 0 Å². The molecule has 0 aliphatic heterocycles. The number of hydrogen-bond acceptors (Lipinski definition) is 3. The fourth-order valence-electron chi connectivity index (χ4n) is 1.87. The smallest absolute Gasteiger partial charge is 0.251 e. The number of hydrogen-bond donors (Lipinski definition) is 3. The van der Waals surface area contributed by atoms with Crippen LogP contribution in [0.15, 0.2) is 18.2 Å². The molecule has 0 fully saturated rings. The van der Waals surface area contributed by atoms with E-state index in [0.29, 0.717) is 18.5 Å². The summed E-state index contributed by atoms with van der Waals surface area (Å²) in [7, 11) is 0. The summed E-state index contributed by atoms with van der Waals surface area (Å²) in [5.74, 6) is 0.199. The Labute approximate surface area is 108 Å². The number of phenols is 1. The zero-order valence-electron chi connectivity index (χ0n) is 10.9. The molecule has 0 saturated heterocycles. The van der Waals surface area contributed by atoms with E-state index in [-0.39, 0.29) is 24.2 Å². The lowest BCUT2D eigenvalue weighted by Gasteiger charge is -2.14. The second-order valence-electron chi connectivity index (χ2n) is 4.55. The van der Waals surface area contributed by atoms with Crippen LogP contribution < -0.4 is 5.32 Å². The van der Waals surface area contributed by atoms with E-state index in [2.05, 4.69) is 5.32 Å². The molecule has 0 aromatic heterocycles. The lowest BCUT2D eigenvalue weighted by atomic mass is 10.0. The lowest BCUT2D eigenvalue weighted by molar-refractivity contribution is 0.0943. The van der Waals surface area contributed by atoms with E-state index in [9.17, 15) is 9.90 Å². The molecule has 4 heteroatoms. The first-order chi connectivity index (χ1) is 8.56. The molecular formula is C14H21NO3. The van der Waals surface area contributed by atoms with E-state index >= 15 is 0 Å². The molecule has 1 unspecified atom stereocenters. The number of benzene rings is 1. The first-order valence-electron chi connectivity index (χ1n) is 6.26. The molecule has 0 heterocycles. The molecule has 100 valence electrons. The highest BCUT2D eigenvalue weighted by Gasteiger charge is 2.10. The first kappa shape index (κ1) is 14.5. The van der Waals surface area contributed by atoms with Gasteiger partial charge in [-0.05, 0) is 43.0 Å². The Morgan fingerprint density at radius 1 is 1.39 bits per heavy atom. The molecule has 18 heavy (non-hydrogen) atoms. The molecule has 1 atom stereocenters. The van der Waals surface area contributed by atoms with Gasteiger partial charge in [0.15, 0.2) is 0 Å². The van der Waals surface area contributed by atoms with Crippen LogP contribution in [-0.2, 0) is 0 Å². The number of aliphatic hydroxyl groups excluding tert-OH is 1. The summed E-state index contributed by atoms with van der Waals surface area (Å²) in [5.41, 5.74) is 1.31. The normalized spacial score (nSPS) is 12.2. The number of nitrogens with one attached hydrogen (secondary N) is 1. The van der Waals surface area contributed by atoms with Crippen molar-refractivity contribution in [3.63, 3.8) is 0 Å². The van der Waals surface area contributed by atoms with Crippen LogP contribution in [0.25, 0.3) is 0 Å². The van der Waals surface area contributed by atoms with Gasteiger partial charge in [0.2, 0.25) is 0 Å². The fourth-order valence-corrected chi connectivity index (χ4v) is 1.87. The molecule has 0 spiro atoms. The SMILES string of the molecule is CCC(CCO)CNC(=O)c1cc(C)cc(O)c1. The van der Waals surface area contributed by atoms with Gasteiger partial charge in [-0.1, -0.05) is 13.3 Å². The summed E-state index contributed by atoms with van der Waals surface area (Å²) in [4.78, 5) is 11.9. The van der Waals surface area contributed by atoms with Crippen molar-refractivity contribution in [2.45, 2.75) is 26.7 Å². The van der Waals surface area contributed by atoms with Gasteiger partial charge in [0.25, 0.3) is 5.91 Å². The van der Waals surface area contributed by atoms with E-state index in [1.54, 1.807) is 12.1 Å². The largest absolute Gasteiger partial charge is 0.508 e. The number of rotatable bonds is 6. The number of aliphatic hydroxyl groups is 1. The van der Waals surface area contributed by atoms with Crippen molar-refractivity contribution >= 4 is 5.91 Å². The van der Waals surface area contributed by atoms with Crippen LogP contribution in [0.5, 0.6) is 5.75 Å². The Morgan fingerprint density at radius 3 is 2.67 bits per heavy atom. The van der Waals surface area contributed by atoms with Crippen LogP contribution in [0.1, 0.15) is 35.7 Å². The van der Waals surface area contributed by atoms with E-state index in [4.69, 9.17) is 5.11 Å². The Kier molecular flexibility index (Phi) is 5.65. The third-order valence-corrected chi connectivity index (χ3v) is 2.99. The van der Waals surface area contributed by atoms with Gasteiger partial charge in [0, 0.05) is 18.7 Å². The van der Waals surface area contributed by atoms with E-state index in [1.807, 2.05) is 13.8 Å². The van der Waals surface area contributed by atoms with Gasteiger partial charge >= 0.3 is 0 Å². The maximum atomic E-state index is 11.9. The number of phenolic OH excluding ortho intramolecular Hbond substituents is 1. The van der Waals surface area contributed by atoms with Crippen LogP contribution in [0.2, 0.25) is 0 Å². The quantitative estimate of drug-likeness (QED) is 0.722. The van der Waals surface area contributed by atoms with E-state index in [0.717, 1.165) is 12.0 Å². The summed E-state index contributed by atoms with van der Waals surface area (Å²) in [6.45, 7) is 4.55. The Hall–Kier alpha value is -1.55. The van der Waals surface area contributed by atoms with Crippen LogP contribution in [-0.4, -0.2) is 29.3 Å². The van der Waals surface area contributed by atoms with Gasteiger partial charge in [0.1, 0.15) is 5.75 Å². The summed E-state index contributed by atoms with van der Waals surface area (Å²) >= 11 is 0. The highest BCUT2D eigenvalue weighted by atomic mass is 16.3. The van der Waals surface area contributed by atoms with Crippen LogP contribution in [0.3, 0.4) is 0 Å². The molecule has 0 bridgehead atoms. The second kappa shape index (κ2) is 7.01. The zero-order valence-corrected chi connectivity index (χ0v) is 10.9. The summed E-state index contributed by atoms with van der Waals surface area (Å²) in [6.07, 6.45) is 1.61. The topological polar surface area (TPSA) is 69.6 Å². The van der Waals surface area contributed by atoms with Crippen LogP contribution >= 0.6 is 0 Å². The third kappa shape index (κ3) is 4.37. The zero-order chi connectivity index (χ0) is 13.5. The summed E-state index contributed by atoms with van der Waals surface area (Å²) in [5, 5.41) is 21.1. The number of aromatic hydroxyl groups is 1. The second-order valence-corrected chi connectivity index (χ2v) is 4.55. The Bertz CT molecular complexity index is 384. The highest BCUT2D eigenvalue weighted by molar-refractivity contribution is 5.94. The average molecular weight is 251 g/mol. The monoisotopic (exact) mass is 251 g/mol. The minimum absolute atomic E-state index is 0.0996. The molecule has 0 radical (unpaired) electrons. The molecule has 0 aliphatic carbocycles. The van der Waals surface area contributed by atoms with Gasteiger partial charge in [-0.2, -0.15) is 0 Å². The van der Waals surface area contributed by atoms with Crippen molar-refractivity contribution in [2.24, 2.45) is 5.92 Å². The minimum atomic E-state index is -0.189. The predicted molar refractivity (Wildman–Crippen MR) is 70.7 cm³/mol. The standard InChI is InChI=1S/C14H21NO3/c1-3-11(4-5-16)9-15-14(18)12-6-10(2)7-13(17)8-12/h6-8,11,16-17H,3-5,9H2,1-2H3,(H,15,18). The predicted octanol–water partition coefficient (Wildman–Crippen LogP) is 1.84. The average Bonchev–Trinajstić information content (AvgIpc) is 2.32. The van der Waals surface area contributed by atoms with Gasteiger partial charge in [0.05, 0.1) is 0 Å². The van der Waals surface area contributed by atoms with Crippen molar-refractivity contribution in [3.8, 4) is 5.75 Å². The van der Waals surface area contributed by atoms with Crippen molar-refractivity contribution in [1.82, 2.24) is 5.32 Å². The molecule has 1 aromatic carbocycles. The molecular weight excluding hydrogens is 230 g/mol. The van der Waals surface area contributed by atoms with Gasteiger partial charge in [-0.3, -0.25) is 4.79 Å². The van der Waals surface area contributed by atoms with E-state index in [1.165, 1.54) is 6.07 Å². The molecule has 1 amide bonds. The third-order valence-electron chi connectivity index (χ3n) is 2.99. The van der Waals surface area contributed by atoms with Gasteiger partial charge in [-0.25, -0.2) is 0 Å². The Balaban J connectivity index is 2.59. The number of aryl methyl sites for hydroxylation is 1. The molecule has 0 saturated carbocycles. The van der Waals surface area contributed by atoms with E-state index < -0.39 is 0 Å². The van der Waals surface area contributed by atoms with Crippen LogP contribution in [0, 0.1) is 12.8 Å². The minimum Gasteiger partial charge on any atom is -0.508 e. The molecule has 4 nitrogen and oxygen atoms in total. The van der Waals surface area contributed by atoms with Crippen molar-refractivity contribution in [1.29, 1.82) is 0 Å². The van der Waals surface area contributed by atoms with Crippen molar-refractivity contribution in [2.75, 3.05) is 13.2 Å².